The molecule has 0 atom stereocenters. The first-order valence-corrected chi connectivity index (χ1v) is 5.69. The molecule has 0 fully saturated rings. The number of ether oxygens (including phenoxy) is 1. The number of hydrogen-bond donors (Lipinski definition) is 1. The molecule has 0 saturated carbocycles. The summed E-state index contributed by atoms with van der Waals surface area (Å²) in [5.74, 6) is -2.62. The summed E-state index contributed by atoms with van der Waals surface area (Å²) in [5, 5.41) is 8.53. The van der Waals surface area contributed by atoms with E-state index < -0.39 is 38.7 Å². The Morgan fingerprint density at radius 3 is 2.38 bits per heavy atom. The lowest BCUT2D eigenvalue weighted by atomic mass is 10.3. The Hall–Kier alpha value is -1.70. The summed E-state index contributed by atoms with van der Waals surface area (Å²) in [7, 11) is -4.23. The maximum Gasteiger partial charge on any atom is 0.355 e. The summed E-state index contributed by atoms with van der Waals surface area (Å²) < 4.78 is 30.1. The van der Waals surface area contributed by atoms with Crippen LogP contribution in [0.1, 0.15) is 13.8 Å². The fourth-order valence-corrected chi connectivity index (χ4v) is 1.95. The lowest BCUT2D eigenvalue weighted by molar-refractivity contribution is -0.141. The van der Waals surface area contributed by atoms with E-state index in [2.05, 4.69) is 9.13 Å². The summed E-state index contributed by atoms with van der Waals surface area (Å²) in [6, 6.07) is 0. The SMILES string of the molecule is CC(C)OC(=O)C1=CC(C(=O)O)=NS1(=O)=O. The number of esters is 1. The van der Waals surface area contributed by atoms with Crippen molar-refractivity contribution in [2.24, 2.45) is 4.40 Å². The van der Waals surface area contributed by atoms with Crippen molar-refractivity contribution in [3.8, 4) is 0 Å². The van der Waals surface area contributed by atoms with Crippen LogP contribution in [0.3, 0.4) is 0 Å². The Morgan fingerprint density at radius 1 is 1.44 bits per heavy atom. The molecule has 88 valence electrons. The van der Waals surface area contributed by atoms with E-state index in [1.807, 2.05) is 0 Å². The minimum atomic E-state index is -4.23. The molecule has 1 aliphatic rings. The maximum absolute atomic E-state index is 11.3. The number of sulfonamides is 1. The number of carbonyl (C=O) groups excluding carboxylic acids is 1. The van der Waals surface area contributed by atoms with Gasteiger partial charge < -0.3 is 9.84 Å². The van der Waals surface area contributed by atoms with Crippen molar-refractivity contribution in [3.05, 3.63) is 11.0 Å². The molecular weight excluding hydrogens is 238 g/mol. The van der Waals surface area contributed by atoms with Gasteiger partial charge in [-0.15, -0.1) is 0 Å². The predicted octanol–water partition coefficient (Wildman–Crippen LogP) is -0.309. The van der Waals surface area contributed by atoms with Gasteiger partial charge in [0.2, 0.25) is 0 Å². The molecule has 0 aliphatic carbocycles. The Bertz CT molecular complexity index is 499. The summed E-state index contributed by atoms with van der Waals surface area (Å²) in [6.07, 6.45) is 0.181. The molecule has 7 nitrogen and oxygen atoms in total. The highest BCUT2D eigenvalue weighted by molar-refractivity contribution is 7.95. The number of carboxylic acids is 1. The largest absolute Gasteiger partial charge is 0.476 e. The third-order valence-electron chi connectivity index (χ3n) is 1.53. The molecule has 0 unspecified atom stereocenters. The van der Waals surface area contributed by atoms with E-state index in [0.29, 0.717) is 6.08 Å². The summed E-state index contributed by atoms with van der Waals surface area (Å²) >= 11 is 0. The number of carboxylic acid groups (broad SMARTS) is 1. The fourth-order valence-electron chi connectivity index (χ4n) is 0.941. The molecule has 0 saturated heterocycles. The zero-order chi connectivity index (χ0) is 12.5. The second-order valence-corrected chi connectivity index (χ2v) is 4.79. The van der Waals surface area contributed by atoms with Gasteiger partial charge in [0, 0.05) is 6.08 Å². The van der Waals surface area contributed by atoms with Crippen LogP contribution >= 0.6 is 0 Å². The predicted molar refractivity (Wildman–Crippen MR) is 53.3 cm³/mol. The molecule has 0 aromatic carbocycles. The molecular formula is C8H9NO6S. The maximum atomic E-state index is 11.3. The molecule has 0 amide bonds. The Morgan fingerprint density at radius 2 is 2.00 bits per heavy atom. The lowest BCUT2D eigenvalue weighted by Crippen LogP contribution is -2.16. The van der Waals surface area contributed by atoms with E-state index in [1.165, 1.54) is 0 Å². The third kappa shape index (κ3) is 2.45. The quantitative estimate of drug-likeness (QED) is 0.685. The average molecular weight is 247 g/mol. The van der Waals surface area contributed by atoms with Crippen LogP contribution in [0.4, 0.5) is 0 Å². The molecule has 1 N–H and O–H groups in total. The lowest BCUT2D eigenvalue weighted by Gasteiger charge is -2.06. The molecule has 1 aliphatic heterocycles. The summed E-state index contributed by atoms with van der Waals surface area (Å²) in [4.78, 5) is 21.0. The van der Waals surface area contributed by atoms with Crippen LogP contribution in [-0.2, 0) is 24.3 Å². The Kier molecular flexibility index (Phi) is 3.13. The van der Waals surface area contributed by atoms with Gasteiger partial charge in [0.15, 0.2) is 10.6 Å². The van der Waals surface area contributed by atoms with Crippen LogP contribution in [0, 0.1) is 0 Å². The average Bonchev–Trinajstić information content (AvgIpc) is 2.40. The van der Waals surface area contributed by atoms with Crippen molar-refractivity contribution in [2.75, 3.05) is 0 Å². The highest BCUT2D eigenvalue weighted by Crippen LogP contribution is 2.19. The van der Waals surface area contributed by atoms with Crippen molar-refractivity contribution < 1.29 is 27.9 Å². The molecule has 0 aromatic rings. The minimum absolute atomic E-state index is 0.502. The van der Waals surface area contributed by atoms with Crippen LogP contribution in [0.5, 0.6) is 0 Å². The van der Waals surface area contributed by atoms with Crippen molar-refractivity contribution in [3.63, 3.8) is 0 Å². The van der Waals surface area contributed by atoms with E-state index in [0.717, 1.165) is 0 Å². The monoisotopic (exact) mass is 247 g/mol. The normalized spacial score (nSPS) is 17.9. The van der Waals surface area contributed by atoms with Crippen LogP contribution in [-0.4, -0.2) is 37.3 Å². The highest BCUT2D eigenvalue weighted by Gasteiger charge is 2.34. The molecule has 8 heteroatoms. The van der Waals surface area contributed by atoms with Crippen LogP contribution in [0.25, 0.3) is 0 Å². The third-order valence-corrected chi connectivity index (χ3v) is 2.80. The van der Waals surface area contributed by atoms with Gasteiger partial charge in [0.25, 0.3) is 10.0 Å². The van der Waals surface area contributed by atoms with Crippen molar-refractivity contribution in [1.29, 1.82) is 0 Å². The molecule has 16 heavy (non-hydrogen) atoms. The van der Waals surface area contributed by atoms with Gasteiger partial charge in [0.05, 0.1) is 6.10 Å². The zero-order valence-corrected chi connectivity index (χ0v) is 9.32. The van der Waals surface area contributed by atoms with E-state index in [-0.39, 0.29) is 0 Å². The van der Waals surface area contributed by atoms with Crippen molar-refractivity contribution in [2.45, 2.75) is 20.0 Å². The first-order valence-electron chi connectivity index (χ1n) is 4.25. The van der Waals surface area contributed by atoms with Gasteiger partial charge in [0.1, 0.15) is 0 Å². The second-order valence-electron chi connectivity index (χ2n) is 3.22. The van der Waals surface area contributed by atoms with Crippen LogP contribution in [0.15, 0.2) is 15.4 Å². The second kappa shape index (κ2) is 4.05. The van der Waals surface area contributed by atoms with Gasteiger partial charge in [-0.3, -0.25) is 0 Å². The summed E-state index contributed by atoms with van der Waals surface area (Å²) in [5.41, 5.74) is -0.698. The standard InChI is InChI=1S/C8H9NO6S/c1-4(2)15-8(12)6-3-5(7(10)11)9-16(6,13)14/h3-4H,1-2H3,(H,10,11). The highest BCUT2D eigenvalue weighted by atomic mass is 32.2. The van der Waals surface area contributed by atoms with Gasteiger partial charge in [-0.05, 0) is 13.8 Å². The molecule has 0 radical (unpaired) electrons. The van der Waals surface area contributed by atoms with Gasteiger partial charge in [-0.25, -0.2) is 9.59 Å². The van der Waals surface area contributed by atoms with E-state index in [9.17, 15) is 18.0 Å². The van der Waals surface area contributed by atoms with Crippen LogP contribution in [0.2, 0.25) is 0 Å². The zero-order valence-electron chi connectivity index (χ0n) is 8.50. The Labute approximate surface area is 91.5 Å². The van der Waals surface area contributed by atoms with Crippen LogP contribution < -0.4 is 0 Å². The number of nitrogens with zero attached hydrogens (tertiary/aromatic N) is 1. The van der Waals surface area contributed by atoms with E-state index in [4.69, 9.17) is 5.11 Å². The molecule has 0 bridgehead atoms. The topological polar surface area (TPSA) is 110 Å². The first-order chi connectivity index (χ1) is 7.24. The molecule has 1 heterocycles. The number of carbonyl (C=O) groups is 2. The van der Waals surface area contributed by atoms with Gasteiger partial charge in [-0.1, -0.05) is 0 Å². The fraction of sp³-hybridized carbons (Fsp3) is 0.375. The van der Waals surface area contributed by atoms with Crippen molar-refractivity contribution >= 4 is 27.7 Å². The summed E-state index contributed by atoms with van der Waals surface area (Å²) in [6.45, 7) is 3.08. The number of hydrogen-bond acceptors (Lipinski definition) is 5. The van der Waals surface area contributed by atoms with Gasteiger partial charge in [-0.2, -0.15) is 12.8 Å². The number of rotatable bonds is 3. The van der Waals surface area contributed by atoms with E-state index in [1.54, 1.807) is 13.8 Å². The molecule has 0 spiro atoms. The van der Waals surface area contributed by atoms with Crippen molar-refractivity contribution in [1.82, 2.24) is 0 Å². The van der Waals surface area contributed by atoms with E-state index >= 15 is 0 Å². The molecule has 0 aromatic heterocycles. The first kappa shape index (κ1) is 12.4. The molecule has 1 rings (SSSR count). The minimum Gasteiger partial charge on any atom is -0.476 e. The number of aliphatic carboxylic acids is 1. The smallest absolute Gasteiger partial charge is 0.355 e. The van der Waals surface area contributed by atoms with Gasteiger partial charge >= 0.3 is 11.9 Å². The Balaban J connectivity index is 3.05.